The summed E-state index contributed by atoms with van der Waals surface area (Å²) in [6, 6.07) is 7.66. The van der Waals surface area contributed by atoms with Crippen molar-refractivity contribution in [1.29, 1.82) is 0 Å². The van der Waals surface area contributed by atoms with Crippen LogP contribution in [-0.4, -0.2) is 41.4 Å². The molecule has 13 heteroatoms. The van der Waals surface area contributed by atoms with Crippen LogP contribution in [0.4, 0.5) is 32.3 Å². The first-order valence-electron chi connectivity index (χ1n) is 8.71. The van der Waals surface area contributed by atoms with Crippen LogP contribution in [0.1, 0.15) is 9.67 Å². The van der Waals surface area contributed by atoms with Gasteiger partial charge in [0, 0.05) is 11.8 Å². The van der Waals surface area contributed by atoms with Gasteiger partial charge in [0.05, 0.1) is 10.6 Å². The number of benzene rings is 1. The Balaban J connectivity index is 1.91. The zero-order valence-electron chi connectivity index (χ0n) is 15.8. The highest BCUT2D eigenvalue weighted by Gasteiger charge is 2.30. The van der Waals surface area contributed by atoms with Crippen LogP contribution in [0.25, 0.3) is 11.3 Å². The zero-order chi connectivity index (χ0) is 23.4. The SMILES string of the molecule is O=C(Nc1nccc(-c2cc(OCC(F)(F)F)ccc2OCC(F)(F)F)n1)c1cccs1. The lowest BCUT2D eigenvalue weighted by Crippen LogP contribution is -2.20. The van der Waals surface area contributed by atoms with Gasteiger partial charge in [-0.3, -0.25) is 10.1 Å². The van der Waals surface area contributed by atoms with E-state index < -0.39 is 31.5 Å². The lowest BCUT2D eigenvalue weighted by atomic mass is 10.1. The van der Waals surface area contributed by atoms with Crippen LogP contribution in [0.15, 0.2) is 48.0 Å². The molecule has 2 heterocycles. The van der Waals surface area contributed by atoms with E-state index in [9.17, 15) is 31.1 Å². The lowest BCUT2D eigenvalue weighted by molar-refractivity contribution is -0.154. The predicted octanol–water partition coefficient (Wildman–Crippen LogP) is 5.34. The van der Waals surface area contributed by atoms with Gasteiger partial charge in [-0.15, -0.1) is 11.3 Å². The van der Waals surface area contributed by atoms with Crippen LogP contribution in [-0.2, 0) is 0 Å². The minimum atomic E-state index is -4.64. The van der Waals surface area contributed by atoms with Crippen molar-refractivity contribution in [2.75, 3.05) is 18.5 Å². The molecule has 0 radical (unpaired) electrons. The number of ether oxygens (including phenoxy) is 2. The molecule has 0 aliphatic heterocycles. The van der Waals surface area contributed by atoms with Crippen LogP contribution in [0, 0.1) is 0 Å². The fourth-order valence-corrected chi connectivity index (χ4v) is 3.01. The quantitative estimate of drug-likeness (QED) is 0.465. The summed E-state index contributed by atoms with van der Waals surface area (Å²) in [5, 5.41) is 4.12. The number of carbonyl (C=O) groups excluding carboxylic acids is 1. The molecule has 0 bridgehead atoms. The van der Waals surface area contributed by atoms with E-state index in [-0.39, 0.29) is 28.7 Å². The second-order valence-electron chi connectivity index (χ2n) is 6.16. The second kappa shape index (κ2) is 9.42. The van der Waals surface area contributed by atoms with Crippen LogP contribution in [0.2, 0.25) is 0 Å². The molecule has 0 saturated heterocycles. The summed E-state index contributed by atoms with van der Waals surface area (Å²) < 4.78 is 84.6. The number of rotatable bonds is 7. The zero-order valence-corrected chi connectivity index (χ0v) is 16.6. The molecule has 32 heavy (non-hydrogen) atoms. The Morgan fingerprint density at radius 3 is 2.38 bits per heavy atom. The molecule has 0 fully saturated rings. The van der Waals surface area contributed by atoms with E-state index in [1.807, 2.05) is 0 Å². The van der Waals surface area contributed by atoms with Gasteiger partial charge in [0.2, 0.25) is 5.95 Å². The standard InChI is InChI=1S/C19H13F6N3O3S/c20-18(21,22)9-30-11-3-4-14(31-10-19(23,24)25)12(8-11)13-5-6-26-17(27-13)28-16(29)15-2-1-7-32-15/h1-8H,9-10H2,(H,26,27,28,29). The Bertz CT molecular complexity index is 1070. The van der Waals surface area contributed by atoms with Crippen molar-refractivity contribution in [3.63, 3.8) is 0 Å². The molecular weight excluding hydrogens is 464 g/mol. The van der Waals surface area contributed by atoms with E-state index in [1.54, 1.807) is 17.5 Å². The van der Waals surface area contributed by atoms with Crippen molar-refractivity contribution < 1.29 is 40.6 Å². The average Bonchev–Trinajstić information content (AvgIpc) is 3.25. The third kappa shape index (κ3) is 6.83. The highest BCUT2D eigenvalue weighted by atomic mass is 32.1. The number of nitrogens with zero attached hydrogens (tertiary/aromatic N) is 2. The molecule has 6 nitrogen and oxygen atoms in total. The summed E-state index contributed by atoms with van der Waals surface area (Å²) in [6.07, 6.45) is -8.03. The van der Waals surface area contributed by atoms with E-state index in [1.165, 1.54) is 23.6 Å². The van der Waals surface area contributed by atoms with Gasteiger partial charge in [-0.25, -0.2) is 9.97 Å². The van der Waals surface area contributed by atoms with Gasteiger partial charge in [0.15, 0.2) is 13.2 Å². The highest BCUT2D eigenvalue weighted by molar-refractivity contribution is 7.12. The monoisotopic (exact) mass is 477 g/mol. The third-order valence-corrected chi connectivity index (χ3v) is 4.52. The second-order valence-corrected chi connectivity index (χ2v) is 7.11. The molecule has 3 rings (SSSR count). The molecule has 1 aromatic carbocycles. The van der Waals surface area contributed by atoms with E-state index in [4.69, 9.17) is 4.74 Å². The van der Waals surface area contributed by atoms with Gasteiger partial charge < -0.3 is 9.47 Å². The maximum atomic E-state index is 12.6. The maximum Gasteiger partial charge on any atom is 0.422 e. The number of alkyl halides is 6. The summed E-state index contributed by atoms with van der Waals surface area (Å²) in [5.41, 5.74) is -0.0842. The summed E-state index contributed by atoms with van der Waals surface area (Å²) in [5.74, 6) is -1.23. The number of hydrogen-bond acceptors (Lipinski definition) is 6. The van der Waals surface area contributed by atoms with Crippen LogP contribution < -0.4 is 14.8 Å². The summed E-state index contributed by atoms with van der Waals surface area (Å²) in [6.45, 7) is -3.23. The van der Waals surface area contributed by atoms with Crippen LogP contribution in [0.3, 0.4) is 0 Å². The van der Waals surface area contributed by atoms with E-state index in [0.29, 0.717) is 4.88 Å². The molecule has 0 aliphatic carbocycles. The molecule has 170 valence electrons. The Morgan fingerprint density at radius 2 is 1.72 bits per heavy atom. The van der Waals surface area contributed by atoms with Crippen LogP contribution in [0.5, 0.6) is 11.5 Å². The fourth-order valence-electron chi connectivity index (χ4n) is 2.39. The normalized spacial score (nSPS) is 11.8. The molecule has 2 aromatic heterocycles. The number of halogens is 6. The van der Waals surface area contributed by atoms with Crippen molar-refractivity contribution in [1.82, 2.24) is 9.97 Å². The first-order valence-corrected chi connectivity index (χ1v) is 9.59. The Morgan fingerprint density at radius 1 is 1.00 bits per heavy atom. The molecule has 0 spiro atoms. The molecule has 0 aliphatic rings. The largest absolute Gasteiger partial charge is 0.484 e. The Kier molecular flexibility index (Phi) is 6.87. The minimum Gasteiger partial charge on any atom is -0.484 e. The number of nitrogens with one attached hydrogen (secondary N) is 1. The van der Waals surface area contributed by atoms with Gasteiger partial charge in [0.25, 0.3) is 5.91 Å². The Labute approximate surface area is 180 Å². The topological polar surface area (TPSA) is 73.3 Å². The van der Waals surface area contributed by atoms with Crippen molar-refractivity contribution in [3.05, 3.63) is 52.9 Å². The van der Waals surface area contributed by atoms with Crippen LogP contribution >= 0.6 is 11.3 Å². The van der Waals surface area contributed by atoms with E-state index >= 15 is 0 Å². The predicted molar refractivity (Wildman–Crippen MR) is 103 cm³/mol. The van der Waals surface area contributed by atoms with Gasteiger partial charge in [0.1, 0.15) is 11.5 Å². The lowest BCUT2D eigenvalue weighted by Gasteiger charge is -2.15. The van der Waals surface area contributed by atoms with Crippen molar-refractivity contribution in [3.8, 4) is 22.8 Å². The molecule has 1 amide bonds. The number of anilines is 1. The smallest absolute Gasteiger partial charge is 0.422 e. The average molecular weight is 477 g/mol. The summed E-state index contributed by atoms with van der Waals surface area (Å²) in [7, 11) is 0. The minimum absolute atomic E-state index is 0.00360. The number of aromatic nitrogens is 2. The molecule has 1 N–H and O–H groups in total. The van der Waals surface area contributed by atoms with Crippen molar-refractivity contribution in [2.45, 2.75) is 12.4 Å². The fraction of sp³-hybridized carbons (Fsp3) is 0.211. The first kappa shape index (κ1) is 23.3. The van der Waals surface area contributed by atoms with Gasteiger partial charge in [-0.2, -0.15) is 26.3 Å². The van der Waals surface area contributed by atoms with Crippen molar-refractivity contribution >= 4 is 23.2 Å². The summed E-state index contributed by atoms with van der Waals surface area (Å²) >= 11 is 1.17. The Hall–Kier alpha value is -3.35. The first-order chi connectivity index (χ1) is 15.0. The van der Waals surface area contributed by atoms with Gasteiger partial charge in [-0.1, -0.05) is 6.07 Å². The van der Waals surface area contributed by atoms with Gasteiger partial charge >= 0.3 is 12.4 Å². The molecule has 0 atom stereocenters. The third-order valence-electron chi connectivity index (χ3n) is 3.65. The molecule has 3 aromatic rings. The number of thiophene rings is 1. The van der Waals surface area contributed by atoms with Crippen molar-refractivity contribution in [2.24, 2.45) is 0 Å². The maximum absolute atomic E-state index is 12.6. The molecule has 0 unspecified atom stereocenters. The van der Waals surface area contributed by atoms with Gasteiger partial charge in [-0.05, 0) is 35.7 Å². The molecule has 0 saturated carbocycles. The number of amides is 1. The number of carbonyl (C=O) groups is 1. The highest BCUT2D eigenvalue weighted by Crippen LogP contribution is 2.34. The summed E-state index contributed by atoms with van der Waals surface area (Å²) in [4.78, 5) is 20.5. The van der Waals surface area contributed by atoms with E-state index in [0.717, 1.165) is 18.2 Å². The van der Waals surface area contributed by atoms with E-state index in [2.05, 4.69) is 20.0 Å². The number of hydrogen-bond donors (Lipinski definition) is 1. The molecular formula is C19H13F6N3O3S.